The molecule has 0 saturated heterocycles. The minimum atomic E-state index is 1.04. The van der Waals surface area contributed by atoms with Crippen LogP contribution in [0.5, 0.6) is 0 Å². The molecule has 0 aliphatic carbocycles. The number of hydrogen-bond donors (Lipinski definition) is 0. The summed E-state index contributed by atoms with van der Waals surface area (Å²) in [5.41, 5.74) is 2.38. The van der Waals surface area contributed by atoms with Crippen LogP contribution in [0.1, 0.15) is 12.5 Å². The molecule has 1 heterocycles. The Morgan fingerprint density at radius 1 is 1.38 bits per heavy atom. The summed E-state index contributed by atoms with van der Waals surface area (Å²) in [6.07, 6.45) is 4.29. The summed E-state index contributed by atoms with van der Waals surface area (Å²) in [6, 6.07) is 8.29. The van der Waals surface area contributed by atoms with Crippen molar-refractivity contribution in [1.29, 1.82) is 0 Å². The monoisotopic (exact) mass is 173 g/mol. The fourth-order valence-corrected chi connectivity index (χ4v) is 1.26. The Hall–Kier alpha value is -1.64. The molecule has 66 valence electrons. The summed E-state index contributed by atoms with van der Waals surface area (Å²) in [6.45, 7) is 2.14. The number of nitrogens with zero attached hydrogens (tertiary/aromatic N) is 3. The molecule has 0 unspecified atom stereocenters. The molecule has 0 aliphatic rings. The van der Waals surface area contributed by atoms with Gasteiger partial charge in [0.1, 0.15) is 12.7 Å². The number of aryl methyl sites for hydroxylation is 1. The third-order valence-corrected chi connectivity index (χ3v) is 2.00. The Morgan fingerprint density at radius 2 is 2.31 bits per heavy atom. The third-order valence-electron chi connectivity index (χ3n) is 2.00. The van der Waals surface area contributed by atoms with Crippen molar-refractivity contribution in [2.24, 2.45) is 0 Å². The van der Waals surface area contributed by atoms with Crippen molar-refractivity contribution < 1.29 is 0 Å². The van der Waals surface area contributed by atoms with E-state index in [4.69, 9.17) is 0 Å². The minimum absolute atomic E-state index is 1.04. The van der Waals surface area contributed by atoms with Gasteiger partial charge in [-0.05, 0) is 24.1 Å². The minimum Gasteiger partial charge on any atom is -0.223 e. The Morgan fingerprint density at radius 3 is 3.00 bits per heavy atom. The highest BCUT2D eigenvalue weighted by molar-refractivity contribution is 5.34. The van der Waals surface area contributed by atoms with Crippen LogP contribution in [-0.2, 0) is 6.42 Å². The molecular weight excluding hydrogens is 162 g/mol. The number of aromatic nitrogens is 3. The highest BCUT2D eigenvalue weighted by Gasteiger charge is 1.96. The molecule has 0 atom stereocenters. The molecule has 3 nitrogen and oxygen atoms in total. The first-order chi connectivity index (χ1) is 6.40. The van der Waals surface area contributed by atoms with Crippen molar-refractivity contribution in [3.63, 3.8) is 0 Å². The zero-order chi connectivity index (χ0) is 9.10. The van der Waals surface area contributed by atoms with Crippen LogP contribution >= 0.6 is 0 Å². The van der Waals surface area contributed by atoms with Crippen molar-refractivity contribution in [2.45, 2.75) is 13.3 Å². The predicted octanol–water partition coefficient (Wildman–Crippen LogP) is 1.83. The van der Waals surface area contributed by atoms with E-state index in [0.29, 0.717) is 0 Å². The fourth-order valence-electron chi connectivity index (χ4n) is 1.26. The highest BCUT2D eigenvalue weighted by Crippen LogP contribution is 2.08. The van der Waals surface area contributed by atoms with E-state index in [1.165, 1.54) is 5.56 Å². The molecule has 1 aromatic heterocycles. The molecule has 1 aromatic carbocycles. The Kier molecular flexibility index (Phi) is 2.08. The molecule has 2 aromatic rings. The maximum absolute atomic E-state index is 4.07. The quantitative estimate of drug-likeness (QED) is 0.693. The van der Waals surface area contributed by atoms with Gasteiger partial charge in [0, 0.05) is 0 Å². The first-order valence-electron chi connectivity index (χ1n) is 4.34. The summed E-state index contributed by atoms with van der Waals surface area (Å²) in [7, 11) is 0. The maximum Gasteiger partial charge on any atom is 0.138 e. The molecule has 3 heteroatoms. The molecular formula is C10H11N3. The Balaban J connectivity index is 2.41. The lowest BCUT2D eigenvalue weighted by Crippen LogP contribution is -1.94. The zero-order valence-electron chi connectivity index (χ0n) is 7.51. The van der Waals surface area contributed by atoms with Crippen molar-refractivity contribution in [1.82, 2.24) is 14.8 Å². The van der Waals surface area contributed by atoms with Crippen molar-refractivity contribution >= 4 is 0 Å². The van der Waals surface area contributed by atoms with E-state index in [9.17, 15) is 0 Å². The molecule has 2 rings (SSSR count). The molecule has 13 heavy (non-hydrogen) atoms. The summed E-state index contributed by atoms with van der Waals surface area (Å²) < 4.78 is 1.76. The predicted molar refractivity (Wildman–Crippen MR) is 50.7 cm³/mol. The molecule has 0 bridgehead atoms. The zero-order valence-corrected chi connectivity index (χ0v) is 7.51. The van der Waals surface area contributed by atoms with Crippen LogP contribution in [0.3, 0.4) is 0 Å². The normalized spacial score (nSPS) is 10.2. The van der Waals surface area contributed by atoms with E-state index in [-0.39, 0.29) is 0 Å². The second-order valence-corrected chi connectivity index (χ2v) is 2.86. The standard InChI is InChI=1S/C10H11N3/c1-2-9-4-3-5-10(6-9)13-8-11-7-12-13/h3-8H,2H2,1H3. The Labute approximate surface area is 77.0 Å². The molecule has 0 amide bonds. The summed E-state index contributed by atoms with van der Waals surface area (Å²) in [5.74, 6) is 0. The fraction of sp³-hybridized carbons (Fsp3) is 0.200. The number of hydrogen-bond acceptors (Lipinski definition) is 2. The van der Waals surface area contributed by atoms with Gasteiger partial charge in [-0.25, -0.2) is 9.67 Å². The molecule has 0 fully saturated rings. The second-order valence-electron chi connectivity index (χ2n) is 2.86. The van der Waals surface area contributed by atoms with Gasteiger partial charge in [0.2, 0.25) is 0 Å². The van der Waals surface area contributed by atoms with Gasteiger partial charge in [-0.15, -0.1) is 0 Å². The first kappa shape index (κ1) is 7.98. The molecule has 0 saturated carbocycles. The second kappa shape index (κ2) is 3.39. The maximum atomic E-state index is 4.07. The lowest BCUT2D eigenvalue weighted by atomic mass is 10.1. The van der Waals surface area contributed by atoms with Gasteiger partial charge in [0.15, 0.2) is 0 Å². The third kappa shape index (κ3) is 1.59. The molecule has 0 N–H and O–H groups in total. The van der Waals surface area contributed by atoms with Gasteiger partial charge in [0.05, 0.1) is 5.69 Å². The van der Waals surface area contributed by atoms with Gasteiger partial charge in [-0.3, -0.25) is 0 Å². The van der Waals surface area contributed by atoms with Crippen LogP contribution in [0.25, 0.3) is 5.69 Å². The van der Waals surface area contributed by atoms with Crippen LogP contribution in [0, 0.1) is 0 Å². The van der Waals surface area contributed by atoms with Gasteiger partial charge in [0.25, 0.3) is 0 Å². The highest BCUT2D eigenvalue weighted by atomic mass is 15.3. The topological polar surface area (TPSA) is 30.7 Å². The van der Waals surface area contributed by atoms with E-state index in [1.54, 1.807) is 17.3 Å². The lowest BCUT2D eigenvalue weighted by Gasteiger charge is -2.01. The van der Waals surface area contributed by atoms with Crippen LogP contribution in [0.15, 0.2) is 36.9 Å². The van der Waals surface area contributed by atoms with Crippen molar-refractivity contribution in [3.05, 3.63) is 42.5 Å². The van der Waals surface area contributed by atoms with Crippen LogP contribution in [-0.4, -0.2) is 14.8 Å². The van der Waals surface area contributed by atoms with E-state index < -0.39 is 0 Å². The smallest absolute Gasteiger partial charge is 0.138 e. The van der Waals surface area contributed by atoms with Crippen LogP contribution in [0.4, 0.5) is 0 Å². The van der Waals surface area contributed by atoms with Gasteiger partial charge in [-0.1, -0.05) is 19.1 Å². The number of benzene rings is 1. The first-order valence-corrected chi connectivity index (χ1v) is 4.34. The van der Waals surface area contributed by atoms with Gasteiger partial charge >= 0.3 is 0 Å². The number of rotatable bonds is 2. The van der Waals surface area contributed by atoms with E-state index >= 15 is 0 Å². The average Bonchev–Trinajstić information content (AvgIpc) is 2.71. The average molecular weight is 173 g/mol. The summed E-state index contributed by atoms with van der Waals surface area (Å²) >= 11 is 0. The van der Waals surface area contributed by atoms with Crippen LogP contribution in [0.2, 0.25) is 0 Å². The van der Waals surface area contributed by atoms with E-state index in [0.717, 1.165) is 12.1 Å². The van der Waals surface area contributed by atoms with Crippen LogP contribution < -0.4 is 0 Å². The van der Waals surface area contributed by atoms with Crippen molar-refractivity contribution in [3.8, 4) is 5.69 Å². The largest absolute Gasteiger partial charge is 0.223 e. The molecule has 0 aliphatic heterocycles. The molecule has 0 radical (unpaired) electrons. The summed E-state index contributed by atoms with van der Waals surface area (Å²) in [4.78, 5) is 3.91. The summed E-state index contributed by atoms with van der Waals surface area (Å²) in [5, 5.41) is 4.07. The van der Waals surface area contributed by atoms with E-state index in [2.05, 4.69) is 29.1 Å². The van der Waals surface area contributed by atoms with Gasteiger partial charge < -0.3 is 0 Å². The Bertz CT molecular complexity index is 379. The molecule has 0 spiro atoms. The van der Waals surface area contributed by atoms with Gasteiger partial charge in [-0.2, -0.15) is 5.10 Å². The lowest BCUT2D eigenvalue weighted by molar-refractivity contribution is 0.875. The SMILES string of the molecule is CCc1cccc(-n2cncn2)c1. The van der Waals surface area contributed by atoms with Crippen molar-refractivity contribution in [2.75, 3.05) is 0 Å². The van der Waals surface area contributed by atoms with E-state index in [1.807, 2.05) is 12.1 Å².